The Bertz CT molecular complexity index is 1520. The molecule has 2 N–H and O–H groups in total. The smallest absolute Gasteiger partial charge is 0.416 e. The molecule has 3 aromatic rings. The molecule has 0 bridgehead atoms. The van der Waals surface area contributed by atoms with Gasteiger partial charge in [-0.3, -0.25) is 14.9 Å². The maximum atomic E-state index is 13.0. The zero-order chi connectivity index (χ0) is 29.8. The highest BCUT2D eigenvalue weighted by atomic mass is 32.2. The number of sulfonamides is 1. The molecular formula is C25H28F3N5O6S. The van der Waals surface area contributed by atoms with Gasteiger partial charge in [0, 0.05) is 30.8 Å². The number of aromatic nitrogens is 2. The number of nitro groups is 1. The van der Waals surface area contributed by atoms with Gasteiger partial charge in [-0.2, -0.15) is 18.3 Å². The zero-order valence-corrected chi connectivity index (χ0v) is 22.9. The Morgan fingerprint density at radius 1 is 1.20 bits per heavy atom. The van der Waals surface area contributed by atoms with Crippen molar-refractivity contribution in [1.82, 2.24) is 19.8 Å². The molecule has 3 rings (SSSR count). The summed E-state index contributed by atoms with van der Waals surface area (Å²) in [6.45, 7) is 6.61. The second-order valence-electron chi connectivity index (χ2n) is 9.09. The minimum Gasteiger partial charge on any atom is -0.438 e. The van der Waals surface area contributed by atoms with Crippen LogP contribution in [0.5, 0.6) is 11.6 Å². The number of halogens is 3. The van der Waals surface area contributed by atoms with E-state index in [2.05, 4.69) is 15.1 Å². The number of nitrogens with one attached hydrogen (secondary N) is 2. The standard InChI is InChI=1S/C25H28F3N5O6S/c1-5-11-30-40(37,38)21-13-19(33(35)36)9-10-20(21)39-24-16(4)22(31-32(24)15(2)3)23(34)29-14-17-7-6-8-18(12-17)25(26,27)28/h6-10,12-13,15,30H,5,11,14H2,1-4H3,(H,29,34). The largest absolute Gasteiger partial charge is 0.438 e. The molecule has 0 aliphatic rings. The Balaban J connectivity index is 1.96. The monoisotopic (exact) mass is 583 g/mol. The SMILES string of the molecule is CCCNS(=O)(=O)c1cc([N+](=O)[O-])ccc1Oc1c(C)c(C(=O)NCc2cccc(C(F)(F)F)c2)nn1C(C)C. The molecule has 11 nitrogen and oxygen atoms in total. The molecule has 0 radical (unpaired) electrons. The van der Waals surface area contributed by atoms with Crippen LogP contribution in [0.3, 0.4) is 0 Å². The van der Waals surface area contributed by atoms with Crippen LogP contribution in [0.2, 0.25) is 0 Å². The minimum atomic E-state index is -4.53. The molecule has 0 atom stereocenters. The van der Waals surface area contributed by atoms with Crippen molar-refractivity contribution in [3.63, 3.8) is 0 Å². The van der Waals surface area contributed by atoms with Crippen molar-refractivity contribution in [1.29, 1.82) is 0 Å². The summed E-state index contributed by atoms with van der Waals surface area (Å²) in [7, 11) is -4.21. The average molecular weight is 584 g/mol. The van der Waals surface area contributed by atoms with Gasteiger partial charge in [-0.1, -0.05) is 19.1 Å². The summed E-state index contributed by atoms with van der Waals surface area (Å²) in [6.07, 6.45) is -4.06. The van der Waals surface area contributed by atoms with E-state index in [0.717, 1.165) is 30.3 Å². The lowest BCUT2D eigenvalue weighted by atomic mass is 10.1. The number of nitrogens with zero attached hydrogens (tertiary/aromatic N) is 3. The number of carbonyl (C=O) groups excluding carboxylic acids is 1. The second-order valence-corrected chi connectivity index (χ2v) is 10.8. The van der Waals surface area contributed by atoms with Gasteiger partial charge in [0.05, 0.1) is 16.5 Å². The molecule has 15 heteroatoms. The highest BCUT2D eigenvalue weighted by Crippen LogP contribution is 2.35. The fraction of sp³-hybridized carbons (Fsp3) is 0.360. The molecule has 2 aromatic carbocycles. The highest BCUT2D eigenvalue weighted by molar-refractivity contribution is 7.89. The summed E-state index contributed by atoms with van der Waals surface area (Å²) in [5.74, 6) is -0.907. The minimum absolute atomic E-state index is 0.0139. The summed E-state index contributed by atoms with van der Waals surface area (Å²) >= 11 is 0. The van der Waals surface area contributed by atoms with Gasteiger partial charge in [0.1, 0.15) is 10.6 Å². The van der Waals surface area contributed by atoms with E-state index in [0.29, 0.717) is 6.42 Å². The molecular weight excluding hydrogens is 555 g/mol. The predicted molar refractivity (Wildman–Crippen MR) is 139 cm³/mol. The maximum Gasteiger partial charge on any atom is 0.416 e. The number of non-ortho nitro benzene ring substituents is 1. The number of rotatable bonds is 11. The topological polar surface area (TPSA) is 145 Å². The lowest BCUT2D eigenvalue weighted by molar-refractivity contribution is -0.385. The summed E-state index contributed by atoms with van der Waals surface area (Å²) in [6, 6.07) is 7.26. The molecule has 0 saturated heterocycles. The maximum absolute atomic E-state index is 13.0. The van der Waals surface area contributed by atoms with Gasteiger partial charge < -0.3 is 10.1 Å². The Hall–Kier alpha value is -3.98. The Morgan fingerprint density at radius 3 is 2.50 bits per heavy atom. The summed E-state index contributed by atoms with van der Waals surface area (Å²) in [5.41, 5.74) is -0.962. The van der Waals surface area contributed by atoms with E-state index in [1.165, 1.54) is 23.7 Å². The van der Waals surface area contributed by atoms with Crippen molar-refractivity contribution < 1.29 is 36.0 Å². The first-order valence-electron chi connectivity index (χ1n) is 12.1. The number of benzene rings is 2. The normalized spacial score (nSPS) is 12.0. The van der Waals surface area contributed by atoms with E-state index < -0.39 is 43.2 Å². The van der Waals surface area contributed by atoms with Crippen LogP contribution in [0.25, 0.3) is 0 Å². The molecule has 0 fully saturated rings. The quantitative estimate of drug-likeness (QED) is 0.236. The van der Waals surface area contributed by atoms with E-state index in [-0.39, 0.29) is 47.6 Å². The van der Waals surface area contributed by atoms with Crippen LogP contribution in [-0.2, 0) is 22.7 Å². The van der Waals surface area contributed by atoms with E-state index >= 15 is 0 Å². The predicted octanol–water partition coefficient (Wildman–Crippen LogP) is 5.11. The Morgan fingerprint density at radius 2 is 1.90 bits per heavy atom. The van der Waals surface area contributed by atoms with Crippen LogP contribution in [0.15, 0.2) is 47.4 Å². The summed E-state index contributed by atoms with van der Waals surface area (Å²) in [5, 5.41) is 18.1. The molecule has 216 valence electrons. The number of hydrogen-bond acceptors (Lipinski definition) is 7. The number of nitro benzene ring substituents is 1. The molecule has 0 saturated carbocycles. The van der Waals surface area contributed by atoms with Crippen molar-refractivity contribution in [3.8, 4) is 11.6 Å². The summed E-state index contributed by atoms with van der Waals surface area (Å²) in [4.78, 5) is 23.1. The van der Waals surface area contributed by atoms with Crippen LogP contribution in [0, 0.1) is 17.0 Å². The molecule has 0 spiro atoms. The van der Waals surface area contributed by atoms with Gasteiger partial charge in [0.2, 0.25) is 15.9 Å². The highest BCUT2D eigenvalue weighted by Gasteiger charge is 2.31. The number of alkyl halides is 3. The van der Waals surface area contributed by atoms with Gasteiger partial charge in [0.25, 0.3) is 11.6 Å². The van der Waals surface area contributed by atoms with Crippen molar-refractivity contribution >= 4 is 21.6 Å². The third kappa shape index (κ3) is 6.96. The van der Waals surface area contributed by atoms with Crippen LogP contribution in [-0.4, -0.2) is 35.6 Å². The Labute approximate surface area is 228 Å². The number of ether oxygens (including phenoxy) is 1. The van der Waals surface area contributed by atoms with Crippen LogP contribution < -0.4 is 14.8 Å². The first kappa shape index (κ1) is 30.6. The summed E-state index contributed by atoms with van der Waals surface area (Å²) < 4.78 is 74.5. The average Bonchev–Trinajstić information content (AvgIpc) is 3.22. The van der Waals surface area contributed by atoms with E-state index in [1.54, 1.807) is 20.8 Å². The van der Waals surface area contributed by atoms with Gasteiger partial charge >= 0.3 is 6.18 Å². The molecule has 1 heterocycles. The second kappa shape index (κ2) is 12.0. The molecule has 0 aliphatic heterocycles. The molecule has 1 amide bonds. The van der Waals surface area contributed by atoms with Crippen molar-refractivity contribution in [2.75, 3.05) is 6.54 Å². The van der Waals surface area contributed by atoms with Crippen LogP contribution >= 0.6 is 0 Å². The fourth-order valence-electron chi connectivity index (χ4n) is 3.64. The Kier molecular flexibility index (Phi) is 9.20. The van der Waals surface area contributed by atoms with Crippen LogP contribution in [0.1, 0.15) is 60.4 Å². The van der Waals surface area contributed by atoms with E-state index in [4.69, 9.17) is 4.74 Å². The third-order valence-corrected chi connectivity index (χ3v) is 7.16. The van der Waals surface area contributed by atoms with Gasteiger partial charge in [-0.25, -0.2) is 17.8 Å². The number of amides is 1. The first-order chi connectivity index (χ1) is 18.7. The van der Waals surface area contributed by atoms with Gasteiger partial charge in [-0.15, -0.1) is 0 Å². The van der Waals surface area contributed by atoms with Crippen molar-refractivity contribution in [2.24, 2.45) is 0 Å². The van der Waals surface area contributed by atoms with Crippen LogP contribution in [0.4, 0.5) is 18.9 Å². The fourth-order valence-corrected chi connectivity index (χ4v) is 4.92. The molecule has 40 heavy (non-hydrogen) atoms. The van der Waals surface area contributed by atoms with Gasteiger partial charge in [-0.05, 0) is 51.0 Å². The molecule has 0 aliphatic carbocycles. The zero-order valence-electron chi connectivity index (χ0n) is 22.1. The lowest BCUT2D eigenvalue weighted by Gasteiger charge is -2.15. The van der Waals surface area contributed by atoms with Crippen molar-refractivity contribution in [3.05, 3.63) is 75.0 Å². The van der Waals surface area contributed by atoms with Crippen molar-refractivity contribution in [2.45, 2.75) is 57.8 Å². The number of hydrogen-bond donors (Lipinski definition) is 2. The van der Waals surface area contributed by atoms with E-state index in [9.17, 15) is 36.5 Å². The molecule has 0 unspecified atom stereocenters. The third-order valence-electron chi connectivity index (χ3n) is 5.68. The molecule has 1 aromatic heterocycles. The lowest BCUT2D eigenvalue weighted by Crippen LogP contribution is -2.25. The number of carbonyl (C=O) groups is 1. The van der Waals surface area contributed by atoms with E-state index in [1.807, 2.05) is 0 Å². The first-order valence-corrected chi connectivity index (χ1v) is 13.6. The van der Waals surface area contributed by atoms with Gasteiger partial charge in [0.15, 0.2) is 5.69 Å².